The number of carbonyl (C=O) groups is 1. The molecule has 2 aliphatic rings. The topological polar surface area (TPSA) is 38.8 Å². The van der Waals surface area contributed by atoms with Gasteiger partial charge in [-0.15, -0.1) is 0 Å². The van der Waals surface area contributed by atoms with Crippen molar-refractivity contribution >= 4 is 5.91 Å². The molecule has 0 aromatic carbocycles. The third kappa shape index (κ3) is 3.19. The third-order valence-corrected chi connectivity index (χ3v) is 3.63. The minimum atomic E-state index is -0.366. The minimum absolute atomic E-state index is 0.284. The van der Waals surface area contributed by atoms with Crippen molar-refractivity contribution in [1.29, 1.82) is 0 Å². The van der Waals surface area contributed by atoms with Crippen LogP contribution >= 0.6 is 0 Å². The molecular weight excluding hydrogens is 218 g/mol. The van der Waals surface area contributed by atoms with Crippen LogP contribution in [0.3, 0.4) is 0 Å². The average molecular weight is 241 g/mol. The standard InChI is InChI=1S/C13H23NO3/c1-11(2)3-4-12(15)14-7-5-13(6-8-14)16-9-10-17-13/h11H,3-10H2,1-2H3. The Balaban J connectivity index is 1.76. The summed E-state index contributed by atoms with van der Waals surface area (Å²) in [6.07, 6.45) is 3.29. The van der Waals surface area contributed by atoms with Crippen molar-refractivity contribution < 1.29 is 14.3 Å². The van der Waals surface area contributed by atoms with Crippen LogP contribution in [0.5, 0.6) is 0 Å². The van der Waals surface area contributed by atoms with Gasteiger partial charge in [-0.2, -0.15) is 0 Å². The highest BCUT2D eigenvalue weighted by Crippen LogP contribution is 2.31. The van der Waals surface area contributed by atoms with Crippen LogP contribution in [0.15, 0.2) is 0 Å². The Morgan fingerprint density at radius 3 is 2.35 bits per heavy atom. The van der Waals surface area contributed by atoms with Crippen LogP contribution in [0.25, 0.3) is 0 Å². The molecule has 0 atom stereocenters. The molecule has 2 saturated heterocycles. The largest absolute Gasteiger partial charge is 0.347 e. The summed E-state index contributed by atoms with van der Waals surface area (Å²) in [5, 5.41) is 0. The molecule has 17 heavy (non-hydrogen) atoms. The van der Waals surface area contributed by atoms with Crippen molar-refractivity contribution in [2.45, 2.75) is 45.3 Å². The number of carbonyl (C=O) groups excluding carboxylic acids is 1. The van der Waals surface area contributed by atoms with Crippen molar-refractivity contribution in [3.8, 4) is 0 Å². The van der Waals surface area contributed by atoms with E-state index in [0.29, 0.717) is 25.6 Å². The lowest BCUT2D eigenvalue weighted by Crippen LogP contribution is -2.47. The SMILES string of the molecule is CC(C)CCC(=O)N1CCC2(CC1)OCCO2. The van der Waals surface area contributed by atoms with Gasteiger partial charge in [0.2, 0.25) is 5.91 Å². The summed E-state index contributed by atoms with van der Waals surface area (Å²) in [6.45, 7) is 7.24. The third-order valence-electron chi connectivity index (χ3n) is 3.63. The number of hydrogen-bond acceptors (Lipinski definition) is 3. The predicted octanol–water partition coefficient (Wildman–Crippen LogP) is 1.79. The molecule has 2 aliphatic heterocycles. The van der Waals surface area contributed by atoms with E-state index < -0.39 is 0 Å². The molecule has 2 rings (SSSR count). The molecule has 1 spiro atoms. The van der Waals surface area contributed by atoms with E-state index in [9.17, 15) is 4.79 Å². The number of ether oxygens (including phenoxy) is 2. The van der Waals surface area contributed by atoms with E-state index >= 15 is 0 Å². The molecule has 1 amide bonds. The van der Waals surface area contributed by atoms with E-state index in [-0.39, 0.29) is 11.7 Å². The Hall–Kier alpha value is -0.610. The highest BCUT2D eigenvalue weighted by Gasteiger charge is 2.40. The van der Waals surface area contributed by atoms with Gasteiger partial charge in [0.05, 0.1) is 13.2 Å². The van der Waals surface area contributed by atoms with Crippen molar-refractivity contribution in [3.63, 3.8) is 0 Å². The summed E-state index contributed by atoms with van der Waals surface area (Å²) >= 11 is 0. The zero-order valence-electron chi connectivity index (χ0n) is 10.9. The van der Waals surface area contributed by atoms with Crippen LogP contribution in [0.4, 0.5) is 0 Å². The van der Waals surface area contributed by atoms with Crippen molar-refractivity contribution in [3.05, 3.63) is 0 Å². The summed E-state index contributed by atoms with van der Waals surface area (Å²) in [5.74, 6) is 0.512. The fraction of sp³-hybridized carbons (Fsp3) is 0.923. The van der Waals surface area contributed by atoms with Gasteiger partial charge < -0.3 is 14.4 Å². The van der Waals surface area contributed by atoms with E-state index in [1.807, 2.05) is 4.90 Å². The van der Waals surface area contributed by atoms with E-state index in [1.54, 1.807) is 0 Å². The second-order valence-corrected chi connectivity index (χ2v) is 5.42. The molecule has 0 aliphatic carbocycles. The van der Waals surface area contributed by atoms with Crippen LogP contribution < -0.4 is 0 Å². The summed E-state index contributed by atoms with van der Waals surface area (Å²) in [4.78, 5) is 13.9. The van der Waals surface area contributed by atoms with Crippen molar-refractivity contribution in [1.82, 2.24) is 4.90 Å². The second kappa shape index (κ2) is 5.36. The molecule has 2 fully saturated rings. The van der Waals surface area contributed by atoms with E-state index in [4.69, 9.17) is 9.47 Å². The molecule has 98 valence electrons. The lowest BCUT2D eigenvalue weighted by Gasteiger charge is -2.37. The van der Waals surface area contributed by atoms with Gasteiger partial charge in [0, 0.05) is 32.4 Å². The van der Waals surface area contributed by atoms with Crippen LogP contribution in [0, 0.1) is 5.92 Å². The Morgan fingerprint density at radius 1 is 1.24 bits per heavy atom. The van der Waals surface area contributed by atoms with Gasteiger partial charge in [-0.25, -0.2) is 0 Å². The number of nitrogens with zero attached hydrogens (tertiary/aromatic N) is 1. The van der Waals surface area contributed by atoms with Gasteiger partial charge in [0.25, 0.3) is 0 Å². The normalized spacial score (nSPS) is 23.6. The highest BCUT2D eigenvalue weighted by atomic mass is 16.7. The first-order valence-electron chi connectivity index (χ1n) is 6.67. The summed E-state index contributed by atoms with van der Waals surface area (Å²) in [6, 6.07) is 0. The second-order valence-electron chi connectivity index (χ2n) is 5.42. The van der Waals surface area contributed by atoms with Crippen molar-refractivity contribution in [2.75, 3.05) is 26.3 Å². The summed E-state index contributed by atoms with van der Waals surface area (Å²) in [5.41, 5.74) is 0. The van der Waals surface area contributed by atoms with Gasteiger partial charge in [-0.1, -0.05) is 13.8 Å². The molecular formula is C13H23NO3. The lowest BCUT2D eigenvalue weighted by atomic mass is 10.0. The first-order valence-corrected chi connectivity index (χ1v) is 6.67. The first-order chi connectivity index (χ1) is 8.11. The molecule has 4 nitrogen and oxygen atoms in total. The average Bonchev–Trinajstić information content (AvgIpc) is 2.75. The van der Waals surface area contributed by atoms with Crippen LogP contribution in [-0.2, 0) is 14.3 Å². The fourth-order valence-corrected chi connectivity index (χ4v) is 2.45. The predicted molar refractivity (Wildman–Crippen MR) is 64.5 cm³/mol. The Labute approximate surface area is 103 Å². The maximum absolute atomic E-state index is 12.0. The molecule has 0 aromatic heterocycles. The number of amides is 1. The summed E-state index contributed by atoms with van der Waals surface area (Å²) < 4.78 is 11.3. The van der Waals surface area contributed by atoms with Gasteiger partial charge in [0.1, 0.15) is 0 Å². The number of rotatable bonds is 3. The van der Waals surface area contributed by atoms with Crippen LogP contribution in [0.1, 0.15) is 39.5 Å². The lowest BCUT2D eigenvalue weighted by molar-refractivity contribution is -0.187. The van der Waals surface area contributed by atoms with Gasteiger partial charge in [-0.05, 0) is 12.3 Å². The maximum Gasteiger partial charge on any atom is 0.222 e. The molecule has 0 radical (unpaired) electrons. The van der Waals surface area contributed by atoms with Crippen molar-refractivity contribution in [2.24, 2.45) is 5.92 Å². The molecule has 0 aromatic rings. The molecule has 2 heterocycles. The quantitative estimate of drug-likeness (QED) is 0.756. The summed E-state index contributed by atoms with van der Waals surface area (Å²) in [7, 11) is 0. The highest BCUT2D eigenvalue weighted by molar-refractivity contribution is 5.76. The molecule has 0 N–H and O–H groups in total. The van der Waals surface area contributed by atoms with Gasteiger partial charge >= 0.3 is 0 Å². The molecule has 0 saturated carbocycles. The van der Waals surface area contributed by atoms with Crippen LogP contribution in [-0.4, -0.2) is 42.9 Å². The van der Waals surface area contributed by atoms with E-state index in [0.717, 1.165) is 32.4 Å². The molecule has 4 heteroatoms. The zero-order valence-corrected chi connectivity index (χ0v) is 10.9. The van der Waals surface area contributed by atoms with Gasteiger partial charge in [0.15, 0.2) is 5.79 Å². The Bertz CT molecular complexity index is 262. The fourth-order valence-electron chi connectivity index (χ4n) is 2.45. The van der Waals surface area contributed by atoms with E-state index in [2.05, 4.69) is 13.8 Å². The van der Waals surface area contributed by atoms with E-state index in [1.165, 1.54) is 0 Å². The number of likely N-dealkylation sites (tertiary alicyclic amines) is 1. The number of hydrogen-bond donors (Lipinski definition) is 0. The van der Waals surface area contributed by atoms with Crippen LogP contribution in [0.2, 0.25) is 0 Å². The maximum atomic E-state index is 12.0. The first kappa shape index (κ1) is 12.8. The zero-order chi connectivity index (χ0) is 12.3. The Morgan fingerprint density at radius 2 is 1.82 bits per heavy atom. The smallest absolute Gasteiger partial charge is 0.222 e. The van der Waals surface area contributed by atoms with Gasteiger partial charge in [-0.3, -0.25) is 4.79 Å². The molecule has 0 unspecified atom stereocenters. The minimum Gasteiger partial charge on any atom is -0.347 e. The Kier molecular flexibility index (Phi) is 4.05. The number of piperidine rings is 1. The monoisotopic (exact) mass is 241 g/mol. The molecule has 0 bridgehead atoms.